The van der Waals surface area contributed by atoms with Crippen molar-refractivity contribution in [2.75, 3.05) is 6.61 Å². The number of rotatable bonds is 5. The minimum Gasteiger partial charge on any atom is -0.386 e. The first kappa shape index (κ1) is 11.7. The monoisotopic (exact) mass is 214 g/mol. The molecule has 0 aromatic carbocycles. The van der Waals surface area contributed by atoms with Crippen LogP contribution in [0.3, 0.4) is 0 Å². The fourth-order valence-corrected chi connectivity index (χ4v) is 2.21. The van der Waals surface area contributed by atoms with Crippen LogP contribution in [0.1, 0.15) is 36.8 Å². The molecule has 2 unspecified atom stereocenters. The average molecular weight is 214 g/mol. The van der Waals surface area contributed by atoms with E-state index in [2.05, 4.69) is 0 Å². The summed E-state index contributed by atoms with van der Waals surface area (Å²) >= 11 is 1.66. The summed E-state index contributed by atoms with van der Waals surface area (Å²) in [5, 5.41) is 12.0. The molecular weight excluding hydrogens is 196 g/mol. The summed E-state index contributed by atoms with van der Waals surface area (Å²) in [7, 11) is 0. The minimum absolute atomic E-state index is 0.0750. The van der Waals surface area contributed by atoms with Crippen LogP contribution in [-0.4, -0.2) is 17.8 Å². The van der Waals surface area contributed by atoms with E-state index in [-0.39, 0.29) is 6.10 Å². The highest BCUT2D eigenvalue weighted by atomic mass is 32.1. The van der Waals surface area contributed by atoms with E-state index in [0.717, 1.165) is 12.0 Å². The maximum Gasteiger partial charge on any atom is 0.106 e. The van der Waals surface area contributed by atoms with Crippen LogP contribution in [0.25, 0.3) is 0 Å². The minimum atomic E-state index is -0.482. The van der Waals surface area contributed by atoms with Crippen molar-refractivity contribution in [1.29, 1.82) is 0 Å². The molecule has 0 aliphatic rings. The molecule has 0 saturated heterocycles. The molecule has 80 valence electrons. The van der Waals surface area contributed by atoms with Gasteiger partial charge in [0.05, 0.1) is 6.10 Å². The molecule has 0 bridgehead atoms. The van der Waals surface area contributed by atoms with Crippen LogP contribution in [0.15, 0.2) is 11.4 Å². The molecule has 1 aromatic rings. The predicted molar refractivity (Wildman–Crippen MR) is 59.7 cm³/mol. The molecule has 0 aliphatic heterocycles. The van der Waals surface area contributed by atoms with E-state index in [1.54, 1.807) is 11.3 Å². The third kappa shape index (κ3) is 2.80. The van der Waals surface area contributed by atoms with Crippen LogP contribution in [-0.2, 0) is 4.74 Å². The van der Waals surface area contributed by atoms with Gasteiger partial charge in [-0.1, -0.05) is 6.92 Å². The Morgan fingerprint density at radius 2 is 2.21 bits per heavy atom. The Labute approximate surface area is 89.5 Å². The molecule has 1 aromatic heterocycles. The highest BCUT2D eigenvalue weighted by molar-refractivity contribution is 7.10. The molecule has 1 rings (SSSR count). The van der Waals surface area contributed by atoms with Gasteiger partial charge in [-0.15, -0.1) is 11.3 Å². The molecule has 0 aliphatic carbocycles. The smallest absolute Gasteiger partial charge is 0.106 e. The third-order valence-electron chi connectivity index (χ3n) is 2.23. The van der Waals surface area contributed by atoms with Crippen molar-refractivity contribution in [2.45, 2.75) is 39.4 Å². The van der Waals surface area contributed by atoms with Gasteiger partial charge in [-0.05, 0) is 37.3 Å². The Kier molecular flexibility index (Phi) is 4.58. The van der Waals surface area contributed by atoms with Crippen molar-refractivity contribution in [1.82, 2.24) is 0 Å². The van der Waals surface area contributed by atoms with E-state index in [1.807, 2.05) is 32.2 Å². The fourth-order valence-electron chi connectivity index (χ4n) is 1.48. The maximum absolute atomic E-state index is 10.0. The molecule has 0 amide bonds. The average Bonchev–Trinajstić information content (AvgIpc) is 2.60. The number of hydrogen-bond donors (Lipinski definition) is 1. The first-order valence-corrected chi connectivity index (χ1v) is 5.91. The largest absolute Gasteiger partial charge is 0.386 e. The summed E-state index contributed by atoms with van der Waals surface area (Å²) < 4.78 is 5.47. The van der Waals surface area contributed by atoms with Crippen molar-refractivity contribution < 1.29 is 9.84 Å². The van der Waals surface area contributed by atoms with E-state index in [0.29, 0.717) is 6.61 Å². The Hall–Kier alpha value is -0.380. The van der Waals surface area contributed by atoms with Crippen LogP contribution in [0.2, 0.25) is 0 Å². The summed E-state index contributed by atoms with van der Waals surface area (Å²) in [6.07, 6.45) is 0.281. The van der Waals surface area contributed by atoms with Gasteiger partial charge in [-0.2, -0.15) is 0 Å². The van der Waals surface area contributed by atoms with Crippen LogP contribution in [0.4, 0.5) is 0 Å². The molecule has 0 spiro atoms. The fraction of sp³-hybridized carbons (Fsp3) is 0.636. The third-order valence-corrected chi connectivity index (χ3v) is 3.11. The lowest BCUT2D eigenvalue weighted by Crippen LogP contribution is -2.21. The highest BCUT2D eigenvalue weighted by Crippen LogP contribution is 2.25. The van der Waals surface area contributed by atoms with Crippen molar-refractivity contribution in [3.8, 4) is 0 Å². The summed E-state index contributed by atoms with van der Waals surface area (Å²) in [5.41, 5.74) is 0.979. The highest BCUT2D eigenvalue weighted by Gasteiger charge is 2.19. The summed E-state index contributed by atoms with van der Waals surface area (Å²) in [4.78, 5) is 1.23. The van der Waals surface area contributed by atoms with Gasteiger partial charge < -0.3 is 9.84 Å². The first-order valence-electron chi connectivity index (χ1n) is 5.03. The van der Waals surface area contributed by atoms with E-state index >= 15 is 0 Å². The van der Waals surface area contributed by atoms with Crippen LogP contribution < -0.4 is 0 Å². The Morgan fingerprint density at radius 1 is 1.50 bits per heavy atom. The van der Waals surface area contributed by atoms with Gasteiger partial charge in [0.25, 0.3) is 0 Å². The normalized spacial score (nSPS) is 15.4. The molecule has 14 heavy (non-hydrogen) atoms. The van der Waals surface area contributed by atoms with Crippen LogP contribution in [0, 0.1) is 6.92 Å². The molecular formula is C11H18O2S. The summed E-state index contributed by atoms with van der Waals surface area (Å²) in [5.74, 6) is 0. The Morgan fingerprint density at radius 3 is 2.64 bits per heavy atom. The summed E-state index contributed by atoms with van der Waals surface area (Å²) in [6.45, 7) is 6.68. The quantitative estimate of drug-likeness (QED) is 0.816. The van der Waals surface area contributed by atoms with Gasteiger partial charge in [0.15, 0.2) is 0 Å². The second-order valence-corrected chi connectivity index (χ2v) is 4.45. The second-order valence-electron chi connectivity index (χ2n) is 3.34. The number of ether oxygens (including phenoxy) is 1. The van der Waals surface area contributed by atoms with Gasteiger partial charge in [0.1, 0.15) is 6.10 Å². The SMILES string of the molecule is CCOC(CC)C(O)c1csc(C)c1. The van der Waals surface area contributed by atoms with Crippen LogP contribution in [0.5, 0.6) is 0 Å². The van der Waals surface area contributed by atoms with Crippen LogP contribution >= 0.6 is 11.3 Å². The van der Waals surface area contributed by atoms with Gasteiger partial charge >= 0.3 is 0 Å². The maximum atomic E-state index is 10.0. The summed E-state index contributed by atoms with van der Waals surface area (Å²) in [6, 6.07) is 2.02. The Balaban J connectivity index is 2.66. The van der Waals surface area contributed by atoms with E-state index in [9.17, 15) is 5.11 Å². The van der Waals surface area contributed by atoms with Gasteiger partial charge in [0.2, 0.25) is 0 Å². The standard InChI is InChI=1S/C11H18O2S/c1-4-10(13-5-2)11(12)9-6-8(3)14-7-9/h6-7,10-12H,4-5H2,1-3H3. The van der Waals surface area contributed by atoms with Gasteiger partial charge in [0, 0.05) is 11.5 Å². The zero-order valence-electron chi connectivity index (χ0n) is 8.99. The molecule has 2 nitrogen and oxygen atoms in total. The number of thiophene rings is 1. The van der Waals surface area contributed by atoms with Gasteiger partial charge in [-0.25, -0.2) is 0 Å². The molecule has 0 radical (unpaired) electrons. The lowest BCUT2D eigenvalue weighted by atomic mass is 10.1. The molecule has 3 heteroatoms. The molecule has 0 saturated carbocycles. The van der Waals surface area contributed by atoms with Crippen molar-refractivity contribution in [3.63, 3.8) is 0 Å². The zero-order valence-corrected chi connectivity index (χ0v) is 9.80. The number of aryl methyl sites for hydroxylation is 1. The number of hydrogen-bond acceptors (Lipinski definition) is 3. The zero-order chi connectivity index (χ0) is 10.6. The molecule has 0 fully saturated rings. The lowest BCUT2D eigenvalue weighted by molar-refractivity contribution is -0.0354. The van der Waals surface area contributed by atoms with Gasteiger partial charge in [-0.3, -0.25) is 0 Å². The molecule has 1 heterocycles. The van der Waals surface area contributed by atoms with Crippen molar-refractivity contribution in [2.24, 2.45) is 0 Å². The molecule has 2 atom stereocenters. The van der Waals surface area contributed by atoms with Crippen molar-refractivity contribution in [3.05, 3.63) is 21.9 Å². The second kappa shape index (κ2) is 5.49. The lowest BCUT2D eigenvalue weighted by Gasteiger charge is -2.20. The van der Waals surface area contributed by atoms with E-state index < -0.39 is 6.10 Å². The first-order chi connectivity index (χ1) is 6.69. The Bertz CT molecular complexity index is 270. The molecule has 1 N–H and O–H groups in total. The van der Waals surface area contributed by atoms with E-state index in [4.69, 9.17) is 4.74 Å². The predicted octanol–water partition coefficient (Wildman–Crippen LogP) is 2.91. The number of aliphatic hydroxyl groups is 1. The topological polar surface area (TPSA) is 29.5 Å². The number of aliphatic hydroxyl groups excluding tert-OH is 1. The van der Waals surface area contributed by atoms with Crippen molar-refractivity contribution >= 4 is 11.3 Å². The van der Waals surface area contributed by atoms with E-state index in [1.165, 1.54) is 4.88 Å².